The lowest BCUT2D eigenvalue weighted by atomic mass is 10.0. The molecule has 0 aromatic heterocycles. The summed E-state index contributed by atoms with van der Waals surface area (Å²) in [6.45, 7) is 4.06. The Hall–Kier alpha value is -2.07. The molecule has 0 saturated carbocycles. The SMILES string of the molecule is COc1cc(C(C)N[C@H](C)c2ccc(F)cc2)ccc1O. The van der Waals surface area contributed by atoms with Crippen LogP contribution in [0.3, 0.4) is 0 Å². The Morgan fingerprint density at radius 3 is 2.19 bits per heavy atom. The molecule has 21 heavy (non-hydrogen) atoms. The first-order valence-electron chi connectivity index (χ1n) is 6.89. The lowest BCUT2D eigenvalue weighted by molar-refractivity contribution is 0.371. The maximum atomic E-state index is 12.9. The van der Waals surface area contributed by atoms with Gasteiger partial charge in [0.05, 0.1) is 7.11 Å². The fourth-order valence-corrected chi connectivity index (χ4v) is 2.28. The van der Waals surface area contributed by atoms with E-state index in [0.29, 0.717) is 5.75 Å². The van der Waals surface area contributed by atoms with Crippen molar-refractivity contribution in [1.82, 2.24) is 5.32 Å². The molecular formula is C17H20FNO2. The molecule has 0 saturated heterocycles. The van der Waals surface area contributed by atoms with Crippen LogP contribution in [0.15, 0.2) is 42.5 Å². The second kappa shape index (κ2) is 6.59. The van der Waals surface area contributed by atoms with Gasteiger partial charge in [-0.2, -0.15) is 0 Å². The number of aromatic hydroxyl groups is 1. The number of benzene rings is 2. The van der Waals surface area contributed by atoms with Gasteiger partial charge >= 0.3 is 0 Å². The average molecular weight is 289 g/mol. The van der Waals surface area contributed by atoms with Crippen LogP contribution in [0.2, 0.25) is 0 Å². The molecule has 2 aromatic rings. The summed E-state index contributed by atoms with van der Waals surface area (Å²) in [5.74, 6) is 0.345. The molecule has 2 N–H and O–H groups in total. The van der Waals surface area contributed by atoms with Crippen LogP contribution in [-0.4, -0.2) is 12.2 Å². The molecular weight excluding hydrogens is 269 g/mol. The molecule has 4 heteroatoms. The van der Waals surface area contributed by atoms with Gasteiger partial charge in [-0.05, 0) is 49.2 Å². The molecule has 1 unspecified atom stereocenters. The summed E-state index contributed by atoms with van der Waals surface area (Å²) in [6.07, 6.45) is 0. The highest BCUT2D eigenvalue weighted by atomic mass is 19.1. The van der Waals surface area contributed by atoms with E-state index in [-0.39, 0.29) is 23.7 Å². The molecule has 2 atom stereocenters. The van der Waals surface area contributed by atoms with Gasteiger partial charge in [0.2, 0.25) is 0 Å². The molecule has 0 spiro atoms. The van der Waals surface area contributed by atoms with Crippen molar-refractivity contribution in [2.45, 2.75) is 25.9 Å². The summed E-state index contributed by atoms with van der Waals surface area (Å²) in [5.41, 5.74) is 2.03. The molecule has 0 amide bonds. The second-order valence-corrected chi connectivity index (χ2v) is 5.09. The van der Waals surface area contributed by atoms with E-state index in [9.17, 15) is 9.50 Å². The lowest BCUT2D eigenvalue weighted by Gasteiger charge is -2.21. The van der Waals surface area contributed by atoms with Crippen LogP contribution in [0.5, 0.6) is 11.5 Å². The molecule has 2 rings (SSSR count). The Morgan fingerprint density at radius 2 is 1.57 bits per heavy atom. The number of ether oxygens (including phenoxy) is 1. The quantitative estimate of drug-likeness (QED) is 0.875. The van der Waals surface area contributed by atoms with Crippen LogP contribution < -0.4 is 10.1 Å². The summed E-state index contributed by atoms with van der Waals surface area (Å²) in [6, 6.07) is 11.9. The fourth-order valence-electron chi connectivity index (χ4n) is 2.28. The molecule has 0 aliphatic heterocycles. The Bertz CT molecular complexity index is 598. The molecule has 0 bridgehead atoms. The Kier molecular flexibility index (Phi) is 4.81. The third-order valence-electron chi connectivity index (χ3n) is 3.57. The monoisotopic (exact) mass is 289 g/mol. The van der Waals surface area contributed by atoms with Crippen LogP contribution in [0.4, 0.5) is 4.39 Å². The van der Waals surface area contributed by atoms with Crippen molar-refractivity contribution in [1.29, 1.82) is 0 Å². The van der Waals surface area contributed by atoms with Gasteiger partial charge in [-0.25, -0.2) is 4.39 Å². The van der Waals surface area contributed by atoms with Crippen LogP contribution in [0, 0.1) is 5.82 Å². The first kappa shape index (κ1) is 15.3. The summed E-state index contributed by atoms with van der Waals surface area (Å²) >= 11 is 0. The van der Waals surface area contributed by atoms with Crippen LogP contribution >= 0.6 is 0 Å². The number of hydrogen-bond acceptors (Lipinski definition) is 3. The molecule has 3 nitrogen and oxygen atoms in total. The number of methoxy groups -OCH3 is 1. The van der Waals surface area contributed by atoms with E-state index in [1.54, 1.807) is 18.2 Å². The second-order valence-electron chi connectivity index (χ2n) is 5.09. The first-order chi connectivity index (χ1) is 10.0. The van der Waals surface area contributed by atoms with Gasteiger partial charge in [-0.15, -0.1) is 0 Å². The number of phenolic OH excluding ortho intramolecular Hbond substituents is 1. The number of rotatable bonds is 5. The molecule has 0 fully saturated rings. The zero-order valence-electron chi connectivity index (χ0n) is 12.4. The summed E-state index contributed by atoms with van der Waals surface area (Å²) < 4.78 is 18.1. The minimum Gasteiger partial charge on any atom is -0.504 e. The predicted octanol–water partition coefficient (Wildman–Crippen LogP) is 3.95. The van der Waals surface area contributed by atoms with Crippen molar-refractivity contribution in [3.05, 3.63) is 59.4 Å². The van der Waals surface area contributed by atoms with Gasteiger partial charge in [-0.1, -0.05) is 18.2 Å². The highest BCUT2D eigenvalue weighted by Gasteiger charge is 2.13. The van der Waals surface area contributed by atoms with Crippen LogP contribution in [-0.2, 0) is 0 Å². The maximum Gasteiger partial charge on any atom is 0.160 e. The standard InChI is InChI=1S/C17H20FNO2/c1-11(13-4-7-15(18)8-5-13)19-12(2)14-6-9-16(20)17(10-14)21-3/h4-12,19-20H,1-3H3/t11-,12?/m1/s1. The minimum absolute atomic E-state index is 0.0690. The van der Waals surface area contributed by atoms with Crippen molar-refractivity contribution in [3.63, 3.8) is 0 Å². The van der Waals surface area contributed by atoms with Gasteiger partial charge in [0.1, 0.15) is 5.82 Å². The number of halogens is 1. The topological polar surface area (TPSA) is 41.5 Å². The van der Waals surface area contributed by atoms with Crippen molar-refractivity contribution in [3.8, 4) is 11.5 Å². The third kappa shape index (κ3) is 3.73. The van der Waals surface area contributed by atoms with Crippen molar-refractivity contribution in [2.24, 2.45) is 0 Å². The van der Waals surface area contributed by atoms with Crippen LogP contribution in [0.25, 0.3) is 0 Å². The number of nitrogens with one attached hydrogen (secondary N) is 1. The van der Waals surface area contributed by atoms with E-state index in [2.05, 4.69) is 5.32 Å². The van der Waals surface area contributed by atoms with Gasteiger partial charge in [0.15, 0.2) is 11.5 Å². The lowest BCUT2D eigenvalue weighted by Crippen LogP contribution is -2.22. The molecule has 112 valence electrons. The van der Waals surface area contributed by atoms with E-state index >= 15 is 0 Å². The summed E-state index contributed by atoms with van der Waals surface area (Å²) in [5, 5.41) is 13.1. The van der Waals surface area contributed by atoms with Gasteiger partial charge in [0.25, 0.3) is 0 Å². The Labute approximate surface area is 124 Å². The maximum absolute atomic E-state index is 12.9. The number of phenols is 1. The first-order valence-corrected chi connectivity index (χ1v) is 6.89. The van der Waals surface area contributed by atoms with E-state index in [1.807, 2.05) is 26.0 Å². The smallest absolute Gasteiger partial charge is 0.160 e. The van der Waals surface area contributed by atoms with E-state index in [4.69, 9.17) is 4.74 Å². The molecule has 0 heterocycles. The number of hydrogen-bond donors (Lipinski definition) is 2. The highest BCUT2D eigenvalue weighted by Crippen LogP contribution is 2.29. The zero-order chi connectivity index (χ0) is 15.4. The zero-order valence-corrected chi connectivity index (χ0v) is 12.4. The van der Waals surface area contributed by atoms with Crippen molar-refractivity contribution >= 4 is 0 Å². The van der Waals surface area contributed by atoms with E-state index < -0.39 is 0 Å². The van der Waals surface area contributed by atoms with E-state index in [0.717, 1.165) is 11.1 Å². The van der Waals surface area contributed by atoms with Gasteiger partial charge < -0.3 is 15.2 Å². The predicted molar refractivity (Wildman–Crippen MR) is 81.0 cm³/mol. The normalized spacial score (nSPS) is 13.7. The van der Waals surface area contributed by atoms with Crippen molar-refractivity contribution in [2.75, 3.05) is 7.11 Å². The van der Waals surface area contributed by atoms with E-state index in [1.165, 1.54) is 19.2 Å². The molecule has 0 aliphatic rings. The fraction of sp³-hybridized carbons (Fsp3) is 0.294. The Balaban J connectivity index is 2.10. The summed E-state index contributed by atoms with van der Waals surface area (Å²) in [4.78, 5) is 0. The molecule has 0 aliphatic carbocycles. The minimum atomic E-state index is -0.234. The summed E-state index contributed by atoms with van der Waals surface area (Å²) in [7, 11) is 1.53. The van der Waals surface area contributed by atoms with Crippen molar-refractivity contribution < 1.29 is 14.2 Å². The molecule has 0 radical (unpaired) electrons. The van der Waals surface area contributed by atoms with Gasteiger partial charge in [0, 0.05) is 12.1 Å². The third-order valence-corrected chi connectivity index (χ3v) is 3.57. The highest BCUT2D eigenvalue weighted by molar-refractivity contribution is 5.42. The largest absolute Gasteiger partial charge is 0.504 e. The average Bonchev–Trinajstić information content (AvgIpc) is 2.48. The van der Waals surface area contributed by atoms with Gasteiger partial charge in [-0.3, -0.25) is 0 Å². The molecule has 2 aromatic carbocycles. The van der Waals surface area contributed by atoms with Crippen LogP contribution in [0.1, 0.15) is 37.1 Å². The Morgan fingerprint density at radius 1 is 1.00 bits per heavy atom.